The van der Waals surface area contributed by atoms with Gasteiger partial charge in [0.2, 0.25) is 5.91 Å². The van der Waals surface area contributed by atoms with Gasteiger partial charge in [-0.2, -0.15) is 5.10 Å². The highest BCUT2D eigenvalue weighted by Gasteiger charge is 2.16. The van der Waals surface area contributed by atoms with Crippen LogP contribution in [0.2, 0.25) is 0 Å². The lowest BCUT2D eigenvalue weighted by atomic mass is 10.2. The van der Waals surface area contributed by atoms with Crippen molar-refractivity contribution in [2.75, 3.05) is 10.6 Å². The van der Waals surface area contributed by atoms with Crippen LogP contribution in [0.4, 0.5) is 11.4 Å². The minimum atomic E-state index is -0.262. The van der Waals surface area contributed by atoms with E-state index in [0.717, 1.165) is 10.9 Å². The molecule has 2 aromatic carbocycles. The maximum absolute atomic E-state index is 12.7. The zero-order valence-corrected chi connectivity index (χ0v) is 16.0. The number of amides is 2. The topological polar surface area (TPSA) is 88.9 Å². The van der Waals surface area contributed by atoms with Crippen molar-refractivity contribution in [2.24, 2.45) is 0 Å². The molecular formula is C22H19N5O2. The summed E-state index contributed by atoms with van der Waals surface area (Å²) < 4.78 is 1.65. The number of aromatic nitrogens is 3. The number of rotatable bonds is 4. The normalized spacial score (nSPS) is 10.7. The van der Waals surface area contributed by atoms with Crippen molar-refractivity contribution in [3.05, 3.63) is 78.1 Å². The molecule has 4 rings (SSSR count). The predicted molar refractivity (Wildman–Crippen MR) is 112 cm³/mol. The molecule has 2 N–H and O–H groups in total. The first-order valence-corrected chi connectivity index (χ1v) is 9.11. The van der Waals surface area contributed by atoms with E-state index in [4.69, 9.17) is 0 Å². The number of fused-ring (bicyclic) bond motifs is 1. The Morgan fingerprint density at radius 1 is 0.897 bits per heavy atom. The molecule has 144 valence electrons. The van der Waals surface area contributed by atoms with Gasteiger partial charge >= 0.3 is 0 Å². The second-order valence-corrected chi connectivity index (χ2v) is 6.63. The molecule has 0 aliphatic heterocycles. The number of carbonyl (C=O) groups is 2. The molecule has 0 atom stereocenters. The van der Waals surface area contributed by atoms with Crippen molar-refractivity contribution in [1.29, 1.82) is 0 Å². The number of para-hydroxylation sites is 1. The lowest BCUT2D eigenvalue weighted by Gasteiger charge is -2.08. The van der Waals surface area contributed by atoms with Crippen molar-refractivity contribution < 1.29 is 9.59 Å². The Morgan fingerprint density at radius 3 is 2.31 bits per heavy atom. The van der Waals surface area contributed by atoms with Gasteiger partial charge in [-0.05, 0) is 49.4 Å². The molecule has 7 nitrogen and oxygen atoms in total. The third kappa shape index (κ3) is 3.84. The number of hydrogen-bond acceptors (Lipinski definition) is 4. The summed E-state index contributed by atoms with van der Waals surface area (Å²) in [6.07, 6.45) is 1.53. The van der Waals surface area contributed by atoms with E-state index in [2.05, 4.69) is 20.7 Å². The van der Waals surface area contributed by atoms with Crippen LogP contribution in [-0.2, 0) is 4.79 Å². The summed E-state index contributed by atoms with van der Waals surface area (Å²) in [6.45, 7) is 3.28. The van der Waals surface area contributed by atoms with Crippen molar-refractivity contribution in [2.45, 2.75) is 13.8 Å². The largest absolute Gasteiger partial charge is 0.326 e. The van der Waals surface area contributed by atoms with Crippen molar-refractivity contribution in [1.82, 2.24) is 14.8 Å². The summed E-state index contributed by atoms with van der Waals surface area (Å²) in [5.74, 6) is 0.244. The number of nitrogens with one attached hydrogen (secondary N) is 2. The van der Waals surface area contributed by atoms with Gasteiger partial charge < -0.3 is 10.6 Å². The Kier molecular flexibility index (Phi) is 4.78. The molecule has 2 heterocycles. The molecule has 2 aromatic heterocycles. The van der Waals surface area contributed by atoms with Gasteiger partial charge in [0, 0.05) is 23.7 Å². The number of carbonyl (C=O) groups excluding carboxylic acids is 2. The quantitative estimate of drug-likeness (QED) is 0.557. The molecule has 7 heteroatoms. The van der Waals surface area contributed by atoms with Gasteiger partial charge in [-0.15, -0.1) is 0 Å². The summed E-state index contributed by atoms with van der Waals surface area (Å²) in [7, 11) is 0. The van der Waals surface area contributed by atoms with E-state index >= 15 is 0 Å². The summed E-state index contributed by atoms with van der Waals surface area (Å²) >= 11 is 0. The van der Waals surface area contributed by atoms with Crippen molar-refractivity contribution in [3.8, 4) is 5.82 Å². The van der Waals surface area contributed by atoms with Crippen LogP contribution >= 0.6 is 0 Å². The minimum Gasteiger partial charge on any atom is -0.326 e. The maximum Gasteiger partial charge on any atom is 0.259 e. The van der Waals surface area contributed by atoms with E-state index in [1.807, 2.05) is 43.3 Å². The zero-order valence-electron chi connectivity index (χ0n) is 16.0. The van der Waals surface area contributed by atoms with Crippen LogP contribution < -0.4 is 10.6 Å². The first-order valence-electron chi connectivity index (χ1n) is 9.11. The van der Waals surface area contributed by atoms with Gasteiger partial charge in [-0.1, -0.05) is 18.2 Å². The molecule has 2 amide bonds. The molecular weight excluding hydrogens is 366 g/mol. The smallest absolute Gasteiger partial charge is 0.259 e. The van der Waals surface area contributed by atoms with E-state index in [9.17, 15) is 9.59 Å². The maximum atomic E-state index is 12.7. The molecule has 29 heavy (non-hydrogen) atoms. The average Bonchev–Trinajstić information content (AvgIpc) is 3.10. The van der Waals surface area contributed by atoms with Gasteiger partial charge in [0.25, 0.3) is 5.91 Å². The fraction of sp³-hybridized carbons (Fsp3) is 0.0909. The van der Waals surface area contributed by atoms with Crippen molar-refractivity contribution >= 4 is 34.1 Å². The molecule has 0 unspecified atom stereocenters. The highest BCUT2D eigenvalue weighted by molar-refractivity contribution is 6.05. The van der Waals surface area contributed by atoms with Crippen LogP contribution in [0.5, 0.6) is 0 Å². The van der Waals surface area contributed by atoms with Crippen LogP contribution in [0.3, 0.4) is 0 Å². The standard InChI is InChI=1S/C22H19N5O2/c1-14-19(22(29)25-18-10-8-17(9-11-18)24-15(2)28)13-23-27(14)21-12-7-16-5-3-4-6-20(16)26-21/h3-13H,1-2H3,(H,24,28)(H,25,29). The molecule has 0 radical (unpaired) electrons. The Balaban J connectivity index is 1.55. The number of nitrogens with zero attached hydrogens (tertiary/aromatic N) is 3. The van der Waals surface area contributed by atoms with E-state index in [-0.39, 0.29) is 11.8 Å². The molecule has 0 aliphatic carbocycles. The monoisotopic (exact) mass is 385 g/mol. The summed E-state index contributed by atoms with van der Waals surface area (Å²) in [5.41, 5.74) is 3.32. The van der Waals surface area contributed by atoms with Crippen LogP contribution in [0.25, 0.3) is 16.7 Å². The number of hydrogen-bond donors (Lipinski definition) is 2. The summed E-state index contributed by atoms with van der Waals surface area (Å²) in [4.78, 5) is 28.4. The highest BCUT2D eigenvalue weighted by atomic mass is 16.2. The SMILES string of the molecule is CC(=O)Nc1ccc(NC(=O)c2cnn(-c3ccc4ccccc4n3)c2C)cc1. The molecule has 0 aliphatic rings. The van der Waals surface area contributed by atoms with Gasteiger partial charge in [0.15, 0.2) is 5.82 Å². The Hall–Kier alpha value is -4.00. The molecule has 0 saturated carbocycles. The van der Waals surface area contributed by atoms with Crippen LogP contribution in [0.1, 0.15) is 23.0 Å². The lowest BCUT2D eigenvalue weighted by molar-refractivity contribution is -0.114. The Bertz CT molecular complexity index is 1210. The fourth-order valence-electron chi connectivity index (χ4n) is 3.08. The molecule has 0 spiro atoms. The molecule has 0 saturated heterocycles. The second-order valence-electron chi connectivity index (χ2n) is 6.63. The minimum absolute atomic E-state index is 0.146. The molecule has 0 bridgehead atoms. The fourth-order valence-corrected chi connectivity index (χ4v) is 3.08. The van der Waals surface area contributed by atoms with Crippen molar-refractivity contribution in [3.63, 3.8) is 0 Å². The third-order valence-electron chi connectivity index (χ3n) is 4.52. The first-order chi connectivity index (χ1) is 14.0. The van der Waals surface area contributed by atoms with Crippen LogP contribution in [0.15, 0.2) is 66.9 Å². The Morgan fingerprint density at radius 2 is 1.59 bits per heavy atom. The van der Waals surface area contributed by atoms with Gasteiger partial charge in [-0.25, -0.2) is 9.67 Å². The summed E-state index contributed by atoms with van der Waals surface area (Å²) in [5, 5.41) is 10.9. The second kappa shape index (κ2) is 7.55. The molecule has 0 fully saturated rings. The van der Waals surface area contributed by atoms with E-state index in [1.165, 1.54) is 13.1 Å². The number of pyridine rings is 1. The van der Waals surface area contributed by atoms with Gasteiger partial charge in [0.1, 0.15) is 0 Å². The first kappa shape index (κ1) is 18.4. The number of anilines is 2. The van der Waals surface area contributed by atoms with Crippen LogP contribution in [0, 0.1) is 6.92 Å². The van der Waals surface area contributed by atoms with Crippen LogP contribution in [-0.4, -0.2) is 26.6 Å². The lowest BCUT2D eigenvalue weighted by Crippen LogP contribution is -2.13. The third-order valence-corrected chi connectivity index (χ3v) is 4.52. The summed E-state index contributed by atoms with van der Waals surface area (Å²) in [6, 6.07) is 18.6. The average molecular weight is 385 g/mol. The van der Waals surface area contributed by atoms with E-state index < -0.39 is 0 Å². The Labute approximate surface area is 167 Å². The number of benzene rings is 2. The van der Waals surface area contributed by atoms with E-state index in [1.54, 1.807) is 28.9 Å². The van der Waals surface area contributed by atoms with Gasteiger partial charge in [0.05, 0.1) is 23.0 Å². The zero-order chi connectivity index (χ0) is 20.4. The predicted octanol–water partition coefficient (Wildman–Crippen LogP) is 3.94. The molecule has 4 aromatic rings. The van der Waals surface area contributed by atoms with Gasteiger partial charge in [-0.3, -0.25) is 9.59 Å². The van der Waals surface area contributed by atoms with E-state index in [0.29, 0.717) is 28.5 Å². The highest BCUT2D eigenvalue weighted by Crippen LogP contribution is 2.19.